The van der Waals surface area contributed by atoms with Gasteiger partial charge in [0.05, 0.1) is 11.6 Å². The molecule has 1 saturated heterocycles. The van der Waals surface area contributed by atoms with Crippen LogP contribution in [0.2, 0.25) is 5.04 Å². The van der Waals surface area contributed by atoms with Crippen LogP contribution in [0.3, 0.4) is 0 Å². The fourth-order valence-electron chi connectivity index (χ4n) is 4.44. The Bertz CT molecular complexity index is 1320. The maximum absolute atomic E-state index is 12.3. The van der Waals surface area contributed by atoms with Gasteiger partial charge in [-0.15, -0.1) is 0 Å². The van der Waals surface area contributed by atoms with Gasteiger partial charge in [0.25, 0.3) is 5.56 Å². The van der Waals surface area contributed by atoms with Gasteiger partial charge in [-0.3, -0.25) is 4.79 Å². The van der Waals surface area contributed by atoms with Gasteiger partial charge in [0.15, 0.2) is 21.8 Å². The quantitative estimate of drug-likeness (QED) is 0.256. The first kappa shape index (κ1) is 25.7. The molecular formula is C23H35N5O6Si. The molecule has 0 spiro atoms. The highest BCUT2D eigenvalue weighted by molar-refractivity contribution is 6.31. The first-order valence-corrected chi connectivity index (χ1v) is 12.8. The number of ether oxygens (including phenoxy) is 1. The van der Waals surface area contributed by atoms with Crippen molar-refractivity contribution >= 4 is 37.1 Å². The summed E-state index contributed by atoms with van der Waals surface area (Å²) in [7, 11) is -1.27. The van der Waals surface area contributed by atoms with Crippen molar-refractivity contribution in [2.24, 2.45) is 5.41 Å². The predicted octanol–water partition coefficient (Wildman–Crippen LogP) is 0.918. The number of aliphatic hydroxyl groups excluding tert-OH is 1. The van der Waals surface area contributed by atoms with Crippen LogP contribution in [0.5, 0.6) is 0 Å². The summed E-state index contributed by atoms with van der Waals surface area (Å²) < 4.78 is 13.7. The van der Waals surface area contributed by atoms with Crippen molar-refractivity contribution in [2.45, 2.75) is 83.3 Å². The van der Waals surface area contributed by atoms with E-state index in [1.54, 1.807) is 33.0 Å². The van der Waals surface area contributed by atoms with Gasteiger partial charge in [-0.05, 0) is 18.0 Å². The average Bonchev–Trinajstić information content (AvgIpc) is 3.12. The van der Waals surface area contributed by atoms with E-state index in [0.29, 0.717) is 27.4 Å². The van der Waals surface area contributed by atoms with E-state index < -0.39 is 50.6 Å². The molecule has 1 aliphatic rings. The number of nitrogens with one attached hydrogen (secondary N) is 1. The van der Waals surface area contributed by atoms with E-state index in [1.807, 2.05) is 20.8 Å². The standard InChI is InChI=1S/C23H35N5O6Si/c1-20(2,3)23(32,34-35-21(4,5)6)17-16(29)22(7,31)19(33-17)28-10-12-13(24)8-11-15(12)14(27-28)9-25-26-18(11)30/h8-10,16-17,19,29,31-32H,24,35H2,1-7H3,(H,26,30). The number of anilines is 1. The number of hydrogen-bond acceptors (Lipinski definition) is 9. The van der Waals surface area contributed by atoms with Crippen LogP contribution in [-0.4, -0.2) is 68.7 Å². The normalized spacial score (nSPS) is 27.9. The molecule has 0 radical (unpaired) electrons. The Morgan fingerprint density at radius 2 is 1.91 bits per heavy atom. The molecule has 5 unspecified atom stereocenters. The molecule has 6 N–H and O–H groups in total. The van der Waals surface area contributed by atoms with Crippen LogP contribution in [0.1, 0.15) is 54.7 Å². The summed E-state index contributed by atoms with van der Waals surface area (Å²) >= 11 is 0. The number of nitrogen functional groups attached to an aromatic ring is 1. The molecule has 2 aromatic heterocycles. The van der Waals surface area contributed by atoms with Crippen LogP contribution in [0.15, 0.2) is 23.3 Å². The summed E-state index contributed by atoms with van der Waals surface area (Å²) in [6, 6.07) is 1.54. The van der Waals surface area contributed by atoms with Crippen LogP contribution >= 0.6 is 0 Å². The number of aromatic amines is 1. The summed E-state index contributed by atoms with van der Waals surface area (Å²) in [5.41, 5.74) is 3.76. The van der Waals surface area contributed by atoms with E-state index in [4.69, 9.17) is 14.9 Å². The van der Waals surface area contributed by atoms with Gasteiger partial charge in [-0.25, -0.2) is 9.78 Å². The molecule has 1 aromatic carbocycles. The SMILES string of the molecule is CC(C)(C)[SiH2]OC(O)(C1OC(n2cc3c(N)cc4c(=O)[nH]ncc(n2)c34)C(C)(O)C1O)C(C)(C)C. The number of hydrogen-bond donors (Lipinski definition) is 5. The van der Waals surface area contributed by atoms with E-state index in [9.17, 15) is 20.1 Å². The molecule has 4 rings (SSSR count). The first-order valence-electron chi connectivity index (χ1n) is 11.5. The highest BCUT2D eigenvalue weighted by atomic mass is 28.2. The number of aromatic nitrogens is 4. The molecule has 0 saturated carbocycles. The fourth-order valence-corrected chi connectivity index (χ4v) is 5.69. The second-order valence-corrected chi connectivity index (χ2v) is 14.6. The summed E-state index contributed by atoms with van der Waals surface area (Å²) in [5, 5.41) is 46.5. The fraction of sp³-hybridized carbons (Fsp3) is 0.609. The lowest BCUT2D eigenvalue weighted by Crippen LogP contribution is -2.61. The van der Waals surface area contributed by atoms with Gasteiger partial charge in [-0.1, -0.05) is 41.5 Å². The lowest BCUT2D eigenvalue weighted by Gasteiger charge is -2.46. The molecule has 1 aliphatic heterocycles. The Labute approximate surface area is 205 Å². The Morgan fingerprint density at radius 1 is 1.26 bits per heavy atom. The zero-order valence-electron chi connectivity index (χ0n) is 21.2. The maximum Gasteiger partial charge on any atom is 0.272 e. The molecule has 35 heavy (non-hydrogen) atoms. The van der Waals surface area contributed by atoms with Gasteiger partial charge in [0, 0.05) is 28.1 Å². The third kappa shape index (κ3) is 4.17. The zero-order valence-corrected chi connectivity index (χ0v) is 22.6. The number of aliphatic hydroxyl groups is 3. The molecule has 192 valence electrons. The summed E-state index contributed by atoms with van der Waals surface area (Å²) in [6.45, 7) is 12.9. The van der Waals surface area contributed by atoms with Gasteiger partial charge >= 0.3 is 0 Å². The van der Waals surface area contributed by atoms with Crippen LogP contribution < -0.4 is 11.3 Å². The van der Waals surface area contributed by atoms with Crippen LogP contribution in [0.4, 0.5) is 5.69 Å². The smallest absolute Gasteiger partial charge is 0.272 e. The van der Waals surface area contributed by atoms with E-state index in [-0.39, 0.29) is 5.04 Å². The lowest BCUT2D eigenvalue weighted by atomic mass is 9.78. The minimum atomic E-state index is -1.88. The van der Waals surface area contributed by atoms with E-state index in [1.165, 1.54) is 17.8 Å². The lowest BCUT2D eigenvalue weighted by molar-refractivity contribution is -0.286. The molecule has 0 amide bonds. The summed E-state index contributed by atoms with van der Waals surface area (Å²) in [6.07, 6.45) is -1.03. The Balaban J connectivity index is 1.83. The zero-order chi connectivity index (χ0) is 26.1. The molecule has 3 heterocycles. The van der Waals surface area contributed by atoms with Crippen molar-refractivity contribution in [2.75, 3.05) is 5.73 Å². The minimum Gasteiger partial charge on any atom is -0.398 e. The van der Waals surface area contributed by atoms with E-state index in [0.717, 1.165) is 0 Å². The molecule has 0 aliphatic carbocycles. The molecule has 0 bridgehead atoms. The Morgan fingerprint density at radius 3 is 2.51 bits per heavy atom. The highest BCUT2D eigenvalue weighted by Crippen LogP contribution is 2.48. The molecule has 12 heteroatoms. The van der Waals surface area contributed by atoms with Gasteiger partial charge in [0.2, 0.25) is 0 Å². The van der Waals surface area contributed by atoms with Gasteiger partial charge in [0.1, 0.15) is 23.3 Å². The second-order valence-electron chi connectivity index (χ2n) is 11.9. The number of H-pyrrole nitrogens is 1. The Kier molecular flexibility index (Phi) is 5.94. The van der Waals surface area contributed by atoms with Crippen molar-refractivity contribution in [3.05, 3.63) is 28.8 Å². The first-order chi connectivity index (χ1) is 16.0. The van der Waals surface area contributed by atoms with E-state index in [2.05, 4.69) is 15.3 Å². The summed E-state index contributed by atoms with van der Waals surface area (Å²) in [5.74, 6) is -1.88. The molecule has 11 nitrogen and oxygen atoms in total. The van der Waals surface area contributed by atoms with Crippen molar-refractivity contribution in [3.8, 4) is 0 Å². The van der Waals surface area contributed by atoms with Crippen LogP contribution in [-0.2, 0) is 9.16 Å². The number of nitrogens with zero attached hydrogens (tertiary/aromatic N) is 3. The topological polar surface area (TPSA) is 169 Å². The predicted molar refractivity (Wildman–Crippen MR) is 134 cm³/mol. The number of nitrogens with two attached hydrogens (primary N) is 1. The third-order valence-corrected chi connectivity index (χ3v) is 8.03. The van der Waals surface area contributed by atoms with Crippen molar-refractivity contribution < 1.29 is 24.5 Å². The molecule has 3 aromatic rings. The maximum atomic E-state index is 12.3. The van der Waals surface area contributed by atoms with Crippen LogP contribution in [0, 0.1) is 5.41 Å². The number of rotatable bonds is 4. The highest BCUT2D eigenvalue weighted by Gasteiger charge is 2.63. The largest absolute Gasteiger partial charge is 0.398 e. The molecule has 1 fully saturated rings. The van der Waals surface area contributed by atoms with Crippen molar-refractivity contribution in [3.63, 3.8) is 0 Å². The monoisotopic (exact) mass is 505 g/mol. The Hall–Kier alpha value is -2.35. The van der Waals surface area contributed by atoms with Crippen molar-refractivity contribution in [1.82, 2.24) is 20.0 Å². The van der Waals surface area contributed by atoms with Crippen molar-refractivity contribution in [1.29, 1.82) is 0 Å². The van der Waals surface area contributed by atoms with Gasteiger partial charge in [-0.2, -0.15) is 10.2 Å². The molecular weight excluding hydrogens is 470 g/mol. The third-order valence-electron chi connectivity index (χ3n) is 6.57. The average molecular weight is 506 g/mol. The molecule has 5 atom stereocenters. The van der Waals surface area contributed by atoms with Gasteiger partial charge < -0.3 is 30.2 Å². The minimum absolute atomic E-state index is 0.134. The summed E-state index contributed by atoms with van der Waals surface area (Å²) in [4.78, 5) is 12.3. The van der Waals surface area contributed by atoms with Crippen LogP contribution in [0.25, 0.3) is 21.7 Å². The second kappa shape index (κ2) is 8.08. The van der Waals surface area contributed by atoms with E-state index >= 15 is 0 Å².